The van der Waals surface area contributed by atoms with Crippen LogP contribution in [-0.4, -0.2) is 44.2 Å². The van der Waals surface area contributed by atoms with Crippen LogP contribution in [0.2, 0.25) is 5.15 Å². The second-order valence-corrected chi connectivity index (χ2v) is 5.56. The smallest absolute Gasteiger partial charge is 0.151 e. The van der Waals surface area contributed by atoms with E-state index in [0.717, 1.165) is 36.8 Å². The molecule has 1 fully saturated rings. The predicted octanol–water partition coefficient (Wildman–Crippen LogP) is 0.694. The van der Waals surface area contributed by atoms with Crippen LogP contribution in [-0.2, 0) is 17.7 Å². The van der Waals surface area contributed by atoms with E-state index in [0.29, 0.717) is 5.15 Å². The van der Waals surface area contributed by atoms with Gasteiger partial charge in [-0.05, 0) is 12.1 Å². The Kier molecular flexibility index (Phi) is 3.80. The Balaban J connectivity index is 1.89. The molecule has 0 aromatic carbocycles. The van der Waals surface area contributed by atoms with Crippen molar-refractivity contribution in [2.45, 2.75) is 6.54 Å². The number of hydrogen-bond acceptors (Lipinski definition) is 4. The number of halogens is 1. The van der Waals surface area contributed by atoms with Gasteiger partial charge in [0.25, 0.3) is 0 Å². The lowest BCUT2D eigenvalue weighted by molar-refractivity contribution is 0.283. The van der Waals surface area contributed by atoms with Crippen molar-refractivity contribution >= 4 is 22.8 Å². The summed E-state index contributed by atoms with van der Waals surface area (Å²) in [6.45, 7) is 2.51. The van der Waals surface area contributed by atoms with Crippen molar-refractivity contribution in [2.75, 3.05) is 24.6 Å². The molecular weight excluding hydrogens is 234 g/mol. The number of rotatable bonds is 2. The summed E-state index contributed by atoms with van der Waals surface area (Å²) in [5.74, 6) is 1.53. The first-order valence-electron chi connectivity index (χ1n) is 4.79. The fourth-order valence-corrected chi connectivity index (χ4v) is 2.72. The molecule has 0 atom stereocenters. The molecule has 0 aliphatic carbocycles. The monoisotopic (exact) mass is 245 g/mol. The number of hydrogen-bond donors (Lipinski definition) is 0. The van der Waals surface area contributed by atoms with Crippen LogP contribution in [0, 0.1) is 0 Å². The molecule has 82 valence electrons. The van der Waals surface area contributed by atoms with Crippen molar-refractivity contribution in [3.8, 4) is 0 Å². The zero-order chi connectivity index (χ0) is 10.7. The molecule has 6 heteroatoms. The second-order valence-electron chi connectivity index (χ2n) is 3.47. The van der Waals surface area contributed by atoms with Gasteiger partial charge in [-0.2, -0.15) is 5.10 Å². The number of nitrogens with zero attached hydrogens (tertiary/aromatic N) is 3. The van der Waals surface area contributed by atoms with Gasteiger partial charge in [0.15, 0.2) is 5.15 Å². The van der Waals surface area contributed by atoms with E-state index in [1.165, 1.54) is 0 Å². The molecule has 0 bridgehead atoms. The Morgan fingerprint density at radius 1 is 1.33 bits per heavy atom. The van der Waals surface area contributed by atoms with E-state index >= 15 is 0 Å². The van der Waals surface area contributed by atoms with Gasteiger partial charge >= 0.3 is 0 Å². The van der Waals surface area contributed by atoms with Gasteiger partial charge in [0.2, 0.25) is 0 Å². The average molecular weight is 246 g/mol. The normalized spacial score (nSPS) is 19.3. The summed E-state index contributed by atoms with van der Waals surface area (Å²) in [6, 6.07) is 3.62. The molecule has 2 heterocycles. The predicted molar refractivity (Wildman–Crippen MR) is 60.2 cm³/mol. The highest BCUT2D eigenvalue weighted by atomic mass is 35.5. The summed E-state index contributed by atoms with van der Waals surface area (Å²) in [4.78, 5) is 2.24. The Morgan fingerprint density at radius 3 is 2.67 bits per heavy atom. The summed E-state index contributed by atoms with van der Waals surface area (Å²) >= 11 is 5.02. The molecule has 1 aromatic rings. The van der Waals surface area contributed by atoms with Crippen LogP contribution in [0.5, 0.6) is 0 Å². The molecular formula is C9H12ClN3OS. The van der Waals surface area contributed by atoms with E-state index in [4.69, 9.17) is 11.6 Å². The summed E-state index contributed by atoms with van der Waals surface area (Å²) in [6.07, 6.45) is 0. The van der Waals surface area contributed by atoms with Crippen LogP contribution < -0.4 is 0 Å². The third kappa shape index (κ3) is 3.31. The fourth-order valence-electron chi connectivity index (χ4n) is 1.49. The third-order valence-electron chi connectivity index (χ3n) is 2.34. The van der Waals surface area contributed by atoms with Gasteiger partial charge in [0, 0.05) is 19.6 Å². The van der Waals surface area contributed by atoms with Gasteiger partial charge < -0.3 is 4.55 Å². The SMILES string of the molecule is [O-][S+]1CCN(Cc2ccc(Cl)nn2)CC1. The van der Waals surface area contributed by atoms with Crippen LogP contribution in [0.25, 0.3) is 0 Å². The van der Waals surface area contributed by atoms with Crippen molar-refractivity contribution in [3.63, 3.8) is 0 Å². The molecule has 4 nitrogen and oxygen atoms in total. The van der Waals surface area contributed by atoms with E-state index in [2.05, 4.69) is 15.1 Å². The quantitative estimate of drug-likeness (QED) is 0.720. The van der Waals surface area contributed by atoms with Crippen molar-refractivity contribution < 1.29 is 4.55 Å². The topological polar surface area (TPSA) is 52.1 Å². The fraction of sp³-hybridized carbons (Fsp3) is 0.556. The molecule has 0 N–H and O–H groups in total. The minimum Gasteiger partial charge on any atom is -0.616 e. The largest absolute Gasteiger partial charge is 0.616 e. The molecule has 0 spiro atoms. The summed E-state index contributed by atoms with van der Waals surface area (Å²) < 4.78 is 11.1. The maximum absolute atomic E-state index is 11.1. The Labute approximate surface area is 96.8 Å². The van der Waals surface area contributed by atoms with Crippen LogP contribution in [0.15, 0.2) is 12.1 Å². The van der Waals surface area contributed by atoms with Crippen molar-refractivity contribution in [3.05, 3.63) is 23.0 Å². The van der Waals surface area contributed by atoms with Crippen LogP contribution in [0.3, 0.4) is 0 Å². The van der Waals surface area contributed by atoms with Gasteiger partial charge in [-0.1, -0.05) is 22.8 Å². The Bertz CT molecular complexity index is 314. The lowest BCUT2D eigenvalue weighted by atomic mass is 10.3. The second kappa shape index (κ2) is 5.12. The first-order valence-corrected chi connectivity index (χ1v) is 6.66. The van der Waals surface area contributed by atoms with E-state index < -0.39 is 11.2 Å². The van der Waals surface area contributed by atoms with Gasteiger partial charge in [-0.3, -0.25) is 4.90 Å². The molecule has 0 unspecified atom stereocenters. The van der Waals surface area contributed by atoms with Gasteiger partial charge in [-0.25, -0.2) is 0 Å². The Hall–Kier alpha value is -0.360. The lowest BCUT2D eigenvalue weighted by Gasteiger charge is -2.27. The molecule has 1 aliphatic rings. The first-order chi connectivity index (χ1) is 7.24. The van der Waals surface area contributed by atoms with E-state index in [9.17, 15) is 4.55 Å². The molecule has 0 amide bonds. The highest BCUT2D eigenvalue weighted by molar-refractivity contribution is 7.91. The zero-order valence-electron chi connectivity index (χ0n) is 8.23. The van der Waals surface area contributed by atoms with Gasteiger partial charge in [0.05, 0.1) is 5.69 Å². The Morgan fingerprint density at radius 2 is 2.07 bits per heavy atom. The lowest BCUT2D eigenvalue weighted by Crippen LogP contribution is -2.39. The first kappa shape index (κ1) is 11.1. The van der Waals surface area contributed by atoms with E-state index in [-0.39, 0.29) is 0 Å². The third-order valence-corrected chi connectivity index (χ3v) is 3.82. The maximum Gasteiger partial charge on any atom is 0.151 e. The van der Waals surface area contributed by atoms with Crippen LogP contribution >= 0.6 is 11.6 Å². The van der Waals surface area contributed by atoms with E-state index in [1.807, 2.05) is 6.07 Å². The van der Waals surface area contributed by atoms with Crippen molar-refractivity contribution in [2.24, 2.45) is 0 Å². The van der Waals surface area contributed by atoms with Crippen LogP contribution in [0.1, 0.15) is 5.69 Å². The number of aromatic nitrogens is 2. The molecule has 1 aromatic heterocycles. The average Bonchev–Trinajstić information content (AvgIpc) is 2.25. The molecule has 1 aliphatic heterocycles. The van der Waals surface area contributed by atoms with Crippen molar-refractivity contribution in [1.29, 1.82) is 0 Å². The summed E-state index contributed by atoms with van der Waals surface area (Å²) in [7, 11) is 0. The van der Waals surface area contributed by atoms with E-state index in [1.54, 1.807) is 6.07 Å². The molecule has 1 saturated heterocycles. The highest BCUT2D eigenvalue weighted by Gasteiger charge is 2.19. The molecule has 0 radical (unpaired) electrons. The molecule has 15 heavy (non-hydrogen) atoms. The summed E-state index contributed by atoms with van der Waals surface area (Å²) in [5, 5.41) is 8.20. The maximum atomic E-state index is 11.1. The highest BCUT2D eigenvalue weighted by Crippen LogP contribution is 2.09. The van der Waals surface area contributed by atoms with Gasteiger partial charge in [-0.15, -0.1) is 5.10 Å². The van der Waals surface area contributed by atoms with Crippen molar-refractivity contribution in [1.82, 2.24) is 15.1 Å². The standard InChI is InChI=1S/C9H12ClN3OS/c10-9-2-1-8(11-12-9)7-13-3-5-15(14)6-4-13/h1-2H,3-7H2. The van der Waals surface area contributed by atoms with Crippen LogP contribution in [0.4, 0.5) is 0 Å². The molecule has 2 rings (SSSR count). The minimum atomic E-state index is -0.621. The zero-order valence-corrected chi connectivity index (χ0v) is 9.80. The summed E-state index contributed by atoms with van der Waals surface area (Å²) in [5.41, 5.74) is 0.909. The molecule has 0 saturated carbocycles. The van der Waals surface area contributed by atoms with Gasteiger partial charge in [0.1, 0.15) is 11.5 Å². The minimum absolute atomic E-state index is 0.415.